The van der Waals surface area contributed by atoms with Crippen LogP contribution in [0.25, 0.3) is 0 Å². The van der Waals surface area contributed by atoms with E-state index < -0.39 is 0 Å². The number of hydrogen-bond acceptors (Lipinski definition) is 5. The van der Waals surface area contributed by atoms with E-state index in [1.54, 1.807) is 6.92 Å². The summed E-state index contributed by atoms with van der Waals surface area (Å²) in [4.78, 5) is 11.6. The van der Waals surface area contributed by atoms with Gasteiger partial charge in [-0.15, -0.1) is 0 Å². The van der Waals surface area contributed by atoms with Gasteiger partial charge >= 0.3 is 5.97 Å². The van der Waals surface area contributed by atoms with Crippen LogP contribution in [0.3, 0.4) is 0 Å². The molecule has 0 spiro atoms. The Bertz CT molecular complexity index is 483. The maximum atomic E-state index is 11.6. The monoisotopic (exact) mass is 250 g/mol. The van der Waals surface area contributed by atoms with Gasteiger partial charge in [-0.05, 0) is 19.1 Å². The Hall–Kier alpha value is -1.91. The number of rotatable bonds is 3. The molecular formula is C13H14O5. The lowest BCUT2D eigenvalue weighted by Gasteiger charge is -2.09. The summed E-state index contributed by atoms with van der Waals surface area (Å²) in [6.45, 7) is 2.89. The molecule has 0 saturated carbocycles. The number of fused-ring (bicyclic) bond motifs is 3. The first-order valence-corrected chi connectivity index (χ1v) is 6.00. The van der Waals surface area contributed by atoms with Crippen molar-refractivity contribution in [1.82, 2.24) is 0 Å². The zero-order valence-electron chi connectivity index (χ0n) is 10.1. The number of hydrogen-bond donors (Lipinski definition) is 0. The van der Waals surface area contributed by atoms with Gasteiger partial charge in [0.25, 0.3) is 0 Å². The quantitative estimate of drug-likeness (QED) is 0.766. The van der Waals surface area contributed by atoms with Gasteiger partial charge in [0.15, 0.2) is 11.5 Å². The van der Waals surface area contributed by atoms with Crippen molar-refractivity contribution in [3.05, 3.63) is 17.7 Å². The molecule has 0 N–H and O–H groups in total. The molecule has 1 atom stereocenters. The van der Waals surface area contributed by atoms with Gasteiger partial charge in [-0.1, -0.05) is 0 Å². The van der Waals surface area contributed by atoms with Crippen molar-refractivity contribution >= 4 is 5.97 Å². The molecule has 0 radical (unpaired) electrons. The van der Waals surface area contributed by atoms with E-state index in [4.69, 9.17) is 18.9 Å². The van der Waals surface area contributed by atoms with Crippen LogP contribution in [-0.4, -0.2) is 26.0 Å². The maximum absolute atomic E-state index is 11.6. The summed E-state index contributed by atoms with van der Waals surface area (Å²) >= 11 is 0. The van der Waals surface area contributed by atoms with Gasteiger partial charge in [0.05, 0.1) is 19.6 Å². The van der Waals surface area contributed by atoms with Crippen molar-refractivity contribution < 1.29 is 23.7 Å². The summed E-state index contributed by atoms with van der Waals surface area (Å²) in [5.74, 6) is 1.96. The van der Waals surface area contributed by atoms with Crippen molar-refractivity contribution in [3.8, 4) is 17.2 Å². The first-order chi connectivity index (χ1) is 8.79. The van der Waals surface area contributed by atoms with Crippen LogP contribution in [-0.2, 0) is 9.53 Å². The second-order valence-electron chi connectivity index (χ2n) is 4.23. The lowest BCUT2D eigenvalue weighted by Crippen LogP contribution is -2.11. The molecule has 2 aliphatic heterocycles. The first kappa shape index (κ1) is 11.2. The van der Waals surface area contributed by atoms with Crippen LogP contribution >= 0.6 is 0 Å². The predicted molar refractivity (Wildman–Crippen MR) is 62.1 cm³/mol. The Morgan fingerprint density at radius 3 is 3.00 bits per heavy atom. The highest BCUT2D eigenvalue weighted by atomic mass is 16.7. The topological polar surface area (TPSA) is 54.0 Å². The second-order valence-corrected chi connectivity index (χ2v) is 4.23. The SMILES string of the molecule is CCOC(=O)C[C@H]1COc2ccc3c(c21)OCO3. The van der Waals surface area contributed by atoms with Crippen LogP contribution in [0, 0.1) is 0 Å². The molecule has 1 aromatic carbocycles. The second kappa shape index (κ2) is 4.40. The Morgan fingerprint density at radius 2 is 2.17 bits per heavy atom. The lowest BCUT2D eigenvalue weighted by atomic mass is 9.96. The largest absolute Gasteiger partial charge is 0.492 e. The molecule has 2 heterocycles. The summed E-state index contributed by atoms with van der Waals surface area (Å²) < 4.78 is 21.3. The molecule has 0 bridgehead atoms. The number of ether oxygens (including phenoxy) is 4. The fourth-order valence-electron chi connectivity index (χ4n) is 2.34. The van der Waals surface area contributed by atoms with Crippen molar-refractivity contribution in [1.29, 1.82) is 0 Å². The number of carbonyl (C=O) groups excluding carboxylic acids is 1. The Kier molecular flexibility index (Phi) is 2.74. The molecule has 0 amide bonds. The van der Waals surface area contributed by atoms with E-state index in [1.165, 1.54) is 0 Å². The zero-order chi connectivity index (χ0) is 12.5. The Labute approximate surface area is 105 Å². The van der Waals surface area contributed by atoms with Crippen LogP contribution < -0.4 is 14.2 Å². The molecule has 5 heteroatoms. The van der Waals surface area contributed by atoms with Gasteiger partial charge in [-0.25, -0.2) is 0 Å². The van der Waals surface area contributed by atoms with Crippen molar-refractivity contribution in [2.45, 2.75) is 19.3 Å². The predicted octanol–water partition coefficient (Wildman–Crippen LogP) is 1.84. The van der Waals surface area contributed by atoms with Crippen molar-refractivity contribution in [3.63, 3.8) is 0 Å². The van der Waals surface area contributed by atoms with Crippen molar-refractivity contribution in [2.24, 2.45) is 0 Å². The van der Waals surface area contributed by atoms with E-state index in [1.807, 2.05) is 12.1 Å². The molecule has 0 fully saturated rings. The van der Waals surface area contributed by atoms with Crippen LogP contribution in [0.2, 0.25) is 0 Å². The standard InChI is InChI=1S/C13H14O5/c1-2-15-11(14)5-8-6-16-9-3-4-10-13(12(8)9)18-7-17-10/h3-4,8H,2,5-7H2,1H3/t8-/m0/s1. The van der Waals surface area contributed by atoms with Gasteiger partial charge in [-0.3, -0.25) is 4.79 Å². The molecule has 0 saturated heterocycles. The molecule has 96 valence electrons. The van der Waals surface area contributed by atoms with Gasteiger partial charge in [0, 0.05) is 11.5 Å². The van der Waals surface area contributed by atoms with Crippen LogP contribution in [0.1, 0.15) is 24.8 Å². The summed E-state index contributed by atoms with van der Waals surface area (Å²) in [5.41, 5.74) is 0.929. The molecule has 0 aliphatic carbocycles. The van der Waals surface area contributed by atoms with E-state index >= 15 is 0 Å². The highest BCUT2D eigenvalue weighted by Crippen LogP contribution is 2.48. The Balaban J connectivity index is 1.87. The molecular weight excluding hydrogens is 236 g/mol. The summed E-state index contributed by atoms with van der Waals surface area (Å²) in [6, 6.07) is 3.68. The zero-order valence-corrected chi connectivity index (χ0v) is 10.1. The molecule has 3 rings (SSSR count). The normalized spacial score (nSPS) is 19.3. The fourth-order valence-corrected chi connectivity index (χ4v) is 2.34. The van der Waals surface area contributed by atoms with Gasteiger partial charge in [0.1, 0.15) is 5.75 Å². The lowest BCUT2D eigenvalue weighted by molar-refractivity contribution is -0.143. The molecule has 0 unspecified atom stereocenters. The average Bonchev–Trinajstić information content (AvgIpc) is 2.94. The van der Waals surface area contributed by atoms with Gasteiger partial charge in [-0.2, -0.15) is 0 Å². The third-order valence-electron chi connectivity index (χ3n) is 3.10. The summed E-state index contributed by atoms with van der Waals surface area (Å²) in [5, 5.41) is 0. The van der Waals surface area contributed by atoms with Crippen LogP contribution in [0.5, 0.6) is 17.2 Å². The van der Waals surface area contributed by atoms with Crippen molar-refractivity contribution in [2.75, 3.05) is 20.0 Å². The fraction of sp³-hybridized carbons (Fsp3) is 0.462. The smallest absolute Gasteiger partial charge is 0.306 e. The third-order valence-corrected chi connectivity index (χ3v) is 3.10. The maximum Gasteiger partial charge on any atom is 0.306 e. The highest BCUT2D eigenvalue weighted by molar-refractivity contribution is 5.72. The minimum absolute atomic E-state index is 0.0179. The average molecular weight is 250 g/mol. The highest BCUT2D eigenvalue weighted by Gasteiger charge is 2.34. The minimum atomic E-state index is -0.213. The van der Waals surface area contributed by atoms with Gasteiger partial charge in [0.2, 0.25) is 6.79 Å². The van der Waals surface area contributed by atoms with E-state index in [0.717, 1.165) is 11.3 Å². The number of carbonyl (C=O) groups is 1. The van der Waals surface area contributed by atoms with E-state index in [9.17, 15) is 4.79 Å². The van der Waals surface area contributed by atoms with Crippen LogP contribution in [0.4, 0.5) is 0 Å². The Morgan fingerprint density at radius 1 is 1.33 bits per heavy atom. The van der Waals surface area contributed by atoms with Crippen LogP contribution in [0.15, 0.2) is 12.1 Å². The van der Waals surface area contributed by atoms with E-state index in [2.05, 4.69) is 0 Å². The first-order valence-electron chi connectivity index (χ1n) is 6.00. The molecule has 0 aromatic heterocycles. The van der Waals surface area contributed by atoms with E-state index in [-0.39, 0.29) is 18.7 Å². The molecule has 2 aliphatic rings. The van der Waals surface area contributed by atoms with E-state index in [0.29, 0.717) is 31.1 Å². The molecule has 5 nitrogen and oxygen atoms in total. The minimum Gasteiger partial charge on any atom is -0.492 e. The summed E-state index contributed by atoms with van der Waals surface area (Å²) in [6.07, 6.45) is 0.306. The number of benzene rings is 1. The third kappa shape index (κ3) is 1.75. The number of esters is 1. The molecule has 1 aromatic rings. The van der Waals surface area contributed by atoms with Gasteiger partial charge < -0.3 is 18.9 Å². The summed E-state index contributed by atoms with van der Waals surface area (Å²) in [7, 11) is 0. The molecule has 18 heavy (non-hydrogen) atoms.